The minimum absolute atomic E-state index is 0. The van der Waals surface area contributed by atoms with Gasteiger partial charge in [0.2, 0.25) is 0 Å². The molecule has 252 valence electrons. The smallest absolute Gasteiger partial charge is 0.251 e. The molecule has 49 heavy (non-hydrogen) atoms. The Morgan fingerprint density at radius 1 is 0.837 bits per heavy atom. The normalized spacial score (nSPS) is 11.7. The van der Waals surface area contributed by atoms with E-state index in [1.165, 1.54) is 0 Å². The minimum atomic E-state index is -0.145. The van der Waals surface area contributed by atoms with Crippen LogP contribution in [0.5, 0.6) is 0 Å². The van der Waals surface area contributed by atoms with Gasteiger partial charge in [0.25, 0.3) is 5.91 Å². The van der Waals surface area contributed by atoms with E-state index in [0.717, 1.165) is 69.5 Å². The van der Waals surface area contributed by atoms with E-state index in [4.69, 9.17) is 9.40 Å². The van der Waals surface area contributed by atoms with Crippen LogP contribution in [0.15, 0.2) is 111 Å². The number of rotatable bonds is 12. The Morgan fingerprint density at radius 3 is 2.35 bits per heavy atom. The van der Waals surface area contributed by atoms with Crippen LogP contribution in [0.1, 0.15) is 43.1 Å². The van der Waals surface area contributed by atoms with Crippen molar-refractivity contribution >= 4 is 62.9 Å². The molecule has 4 aromatic carbocycles. The molecule has 0 unspecified atom stereocenters. The summed E-state index contributed by atoms with van der Waals surface area (Å²) in [5.41, 5.74) is 7.47. The average molecular weight is 676 g/mol. The van der Waals surface area contributed by atoms with Crippen LogP contribution in [0, 0.1) is 6.92 Å². The summed E-state index contributed by atoms with van der Waals surface area (Å²) in [6.45, 7) is 12.1. The zero-order valence-corrected chi connectivity index (χ0v) is 29.2. The highest BCUT2D eigenvalue weighted by atomic mass is 35.5. The fourth-order valence-corrected chi connectivity index (χ4v) is 5.84. The van der Waals surface area contributed by atoms with Crippen molar-refractivity contribution in [2.75, 3.05) is 42.9 Å². The molecule has 0 spiro atoms. The van der Waals surface area contributed by atoms with Crippen LogP contribution in [0.25, 0.3) is 33.3 Å². The molecular formula is C39H42ClN7O2. The first-order valence-electron chi connectivity index (χ1n) is 16.6. The second-order valence-corrected chi connectivity index (χ2v) is 11.6. The summed E-state index contributed by atoms with van der Waals surface area (Å²) in [4.78, 5) is 24.8. The number of benzene rings is 5. The number of aromatic nitrogens is 1. The zero-order chi connectivity index (χ0) is 33.5. The number of nitrogens with one attached hydrogen (secondary N) is 2. The molecule has 1 aliphatic carbocycles. The molecule has 0 bridgehead atoms. The third kappa shape index (κ3) is 8.06. The Labute approximate surface area is 293 Å². The van der Waals surface area contributed by atoms with Gasteiger partial charge in [-0.2, -0.15) is 10.2 Å². The lowest BCUT2D eigenvalue weighted by atomic mass is 10.1. The highest BCUT2D eigenvalue weighted by Gasteiger charge is 2.15. The van der Waals surface area contributed by atoms with Crippen LogP contribution in [0.4, 0.5) is 22.7 Å². The summed E-state index contributed by atoms with van der Waals surface area (Å²) in [5.74, 6) is 0.562. The number of aryl methyl sites for hydroxylation is 1. The summed E-state index contributed by atoms with van der Waals surface area (Å²) in [7, 11) is 0. The average Bonchev–Trinajstić information content (AvgIpc) is 3.11. The van der Waals surface area contributed by atoms with E-state index in [2.05, 4.69) is 68.9 Å². The number of azo groups is 1. The number of hydrogen-bond donors (Lipinski definition) is 2. The molecule has 10 heteroatoms. The van der Waals surface area contributed by atoms with Gasteiger partial charge in [-0.3, -0.25) is 9.79 Å². The van der Waals surface area contributed by atoms with Crippen molar-refractivity contribution in [3.8, 4) is 11.5 Å². The predicted molar refractivity (Wildman–Crippen MR) is 202 cm³/mol. The number of fused-ring (bicyclic) bond motifs is 4. The van der Waals surface area contributed by atoms with Crippen LogP contribution < -0.4 is 20.9 Å². The lowest BCUT2D eigenvalue weighted by Crippen LogP contribution is -2.25. The van der Waals surface area contributed by atoms with E-state index < -0.39 is 0 Å². The van der Waals surface area contributed by atoms with Gasteiger partial charge in [-0.1, -0.05) is 30.3 Å². The molecule has 1 heterocycles. The van der Waals surface area contributed by atoms with Crippen LogP contribution >= 0.6 is 12.4 Å². The Kier molecular flexibility index (Phi) is 11.6. The lowest BCUT2D eigenvalue weighted by Gasteiger charge is -2.20. The minimum Gasteiger partial charge on any atom is -0.453 e. The number of anilines is 2. The molecule has 1 aliphatic heterocycles. The summed E-state index contributed by atoms with van der Waals surface area (Å²) in [6.07, 6.45) is 0.731. The fraction of sp³-hybridized carbons (Fsp3) is 0.256. The maximum atomic E-state index is 12.9. The van der Waals surface area contributed by atoms with Gasteiger partial charge in [-0.15, -0.1) is 12.4 Å². The van der Waals surface area contributed by atoms with Crippen molar-refractivity contribution in [3.63, 3.8) is 0 Å². The molecule has 1 amide bonds. The molecule has 0 fully saturated rings. The van der Waals surface area contributed by atoms with Crippen LogP contribution in [-0.4, -0.2) is 43.6 Å². The summed E-state index contributed by atoms with van der Waals surface area (Å²) in [6, 6.07) is 29.4. The van der Waals surface area contributed by atoms with Crippen molar-refractivity contribution in [1.29, 1.82) is 0 Å². The van der Waals surface area contributed by atoms with E-state index >= 15 is 0 Å². The quantitative estimate of drug-likeness (QED) is 0.0582. The number of halogens is 1. The number of carbonyl (C=O) groups excluding carboxylic acids is 1. The second kappa shape index (κ2) is 16.2. The Bertz CT molecular complexity index is 2120. The van der Waals surface area contributed by atoms with Crippen molar-refractivity contribution in [2.45, 2.75) is 34.1 Å². The fourth-order valence-electron chi connectivity index (χ4n) is 5.84. The maximum absolute atomic E-state index is 12.9. The first kappa shape index (κ1) is 35.0. The van der Waals surface area contributed by atoms with Gasteiger partial charge in [0.1, 0.15) is 11.2 Å². The topological polar surface area (TPSA) is 107 Å². The molecule has 0 saturated carbocycles. The van der Waals surface area contributed by atoms with Gasteiger partial charge in [0.15, 0.2) is 11.3 Å². The van der Waals surface area contributed by atoms with Crippen LogP contribution in [0.2, 0.25) is 0 Å². The Morgan fingerprint density at radius 2 is 1.59 bits per heavy atom. The van der Waals surface area contributed by atoms with Gasteiger partial charge >= 0.3 is 0 Å². The largest absolute Gasteiger partial charge is 0.453 e. The van der Waals surface area contributed by atoms with E-state index in [9.17, 15) is 4.79 Å². The van der Waals surface area contributed by atoms with E-state index in [1.54, 1.807) is 12.1 Å². The van der Waals surface area contributed by atoms with E-state index in [0.29, 0.717) is 42.2 Å². The van der Waals surface area contributed by atoms with E-state index in [-0.39, 0.29) is 18.3 Å². The highest BCUT2D eigenvalue weighted by molar-refractivity contribution is 6.10. The predicted octanol–water partition coefficient (Wildman–Crippen LogP) is 9.23. The molecule has 0 atom stereocenters. The molecule has 2 N–H and O–H groups in total. The third-order valence-corrected chi connectivity index (χ3v) is 8.36. The molecular weight excluding hydrogens is 634 g/mol. The molecule has 9 nitrogen and oxygen atoms in total. The number of carbonyl (C=O) groups is 1. The van der Waals surface area contributed by atoms with Crippen molar-refractivity contribution in [1.82, 2.24) is 10.3 Å². The number of hydrogen-bond acceptors (Lipinski definition) is 8. The monoisotopic (exact) mass is 675 g/mol. The van der Waals surface area contributed by atoms with Crippen molar-refractivity contribution < 1.29 is 9.21 Å². The van der Waals surface area contributed by atoms with Gasteiger partial charge in [0, 0.05) is 72.6 Å². The SMILES string of the molecule is CCN=c1cc2oc3cc(NCCCNC(=O)c4cccc(N=Nc5ccc(N(CC)CC)cc5)c4)c4ccccc4c3nc-2cc1C.Cl. The van der Waals surface area contributed by atoms with Crippen molar-refractivity contribution in [2.24, 2.45) is 15.2 Å². The summed E-state index contributed by atoms with van der Waals surface area (Å²) in [5, 5.41) is 18.3. The third-order valence-electron chi connectivity index (χ3n) is 8.36. The Balaban J connectivity index is 0.00000468. The van der Waals surface area contributed by atoms with E-state index in [1.807, 2.05) is 68.4 Å². The molecule has 0 radical (unpaired) electrons. The van der Waals surface area contributed by atoms with Gasteiger partial charge in [-0.05, 0) is 88.2 Å². The van der Waals surface area contributed by atoms with Gasteiger partial charge in [-0.25, -0.2) is 4.98 Å². The number of amides is 1. The molecule has 4 aromatic rings. The number of nitrogens with zero attached hydrogens (tertiary/aromatic N) is 5. The molecule has 2 aliphatic rings. The second-order valence-electron chi connectivity index (χ2n) is 11.6. The first-order chi connectivity index (χ1) is 23.5. The summed E-state index contributed by atoms with van der Waals surface area (Å²) < 4.78 is 6.38. The molecule has 0 saturated heterocycles. The Hall–Kier alpha value is -5.28. The summed E-state index contributed by atoms with van der Waals surface area (Å²) >= 11 is 0. The maximum Gasteiger partial charge on any atom is 0.251 e. The van der Waals surface area contributed by atoms with Gasteiger partial charge in [0.05, 0.1) is 16.7 Å². The molecule has 6 rings (SSSR count). The lowest BCUT2D eigenvalue weighted by molar-refractivity contribution is 0.0953. The standard InChI is InChI=1S/C39H41N7O2.ClH/c1-5-40-33-24-36-35(22-26(33)4)43-38-32-15-9-8-14-31(32)34(25-37(38)48-36)41-20-11-21-42-39(47)27-12-10-13-29(23-27)45-44-28-16-18-30(19-17-28)46(6-2)7-3;/h8-10,12-19,22-25,41H,5-7,11,20-21H2,1-4H3,(H,42,47);1H. The van der Waals surface area contributed by atoms with Crippen molar-refractivity contribution in [3.05, 3.63) is 107 Å². The van der Waals surface area contributed by atoms with Gasteiger partial charge < -0.3 is 20.0 Å². The highest BCUT2D eigenvalue weighted by Crippen LogP contribution is 2.34. The zero-order valence-electron chi connectivity index (χ0n) is 28.4. The van der Waals surface area contributed by atoms with Crippen LogP contribution in [-0.2, 0) is 0 Å². The first-order valence-corrected chi connectivity index (χ1v) is 16.6. The molecule has 0 aromatic heterocycles. The van der Waals surface area contributed by atoms with Crippen LogP contribution in [0.3, 0.4) is 0 Å².